The van der Waals surface area contributed by atoms with Crippen molar-refractivity contribution < 1.29 is 15.0 Å². The lowest BCUT2D eigenvalue weighted by molar-refractivity contribution is 0.0309. The Morgan fingerprint density at radius 1 is 1.28 bits per heavy atom. The average molecular weight is 345 g/mol. The largest absolute Gasteiger partial charge is 0.504 e. The fourth-order valence-electron chi connectivity index (χ4n) is 2.61. The molecule has 0 saturated carbocycles. The molecule has 2 aromatic rings. The molecule has 0 fully saturated rings. The number of rotatable bonds is 6. The van der Waals surface area contributed by atoms with E-state index in [4.69, 9.17) is 0 Å². The zero-order valence-electron chi connectivity index (χ0n) is 15.5. The van der Waals surface area contributed by atoms with Gasteiger partial charge in [-0.05, 0) is 44.4 Å². The minimum atomic E-state index is -1.02. The van der Waals surface area contributed by atoms with Crippen LogP contribution >= 0.6 is 0 Å². The summed E-state index contributed by atoms with van der Waals surface area (Å²) in [7, 11) is 0. The molecular weight excluding hydrogens is 318 g/mol. The fraction of sp³-hybridized carbons (Fsp3) is 0.474. The van der Waals surface area contributed by atoms with Crippen LogP contribution in [0.5, 0.6) is 5.75 Å². The Morgan fingerprint density at radius 3 is 2.36 bits per heavy atom. The lowest BCUT2D eigenvalue weighted by Crippen LogP contribution is -2.42. The van der Waals surface area contributed by atoms with Crippen molar-refractivity contribution in [1.29, 1.82) is 0 Å². The van der Waals surface area contributed by atoms with Crippen LogP contribution in [-0.4, -0.2) is 49.5 Å². The summed E-state index contributed by atoms with van der Waals surface area (Å²) in [6.45, 7) is 9.91. The summed E-state index contributed by atoms with van der Waals surface area (Å²) in [4.78, 5) is 14.1. The van der Waals surface area contributed by atoms with E-state index in [0.717, 1.165) is 5.69 Å². The molecule has 25 heavy (non-hydrogen) atoms. The third kappa shape index (κ3) is 4.60. The molecular formula is C19H27N3O3. The monoisotopic (exact) mass is 345 g/mol. The standard InChI is InChI=1S/C19H27N3O3/c1-6-21(12-19(4,5)25)18(24)17-16(23)11-22(20-17)15-9-7-14(8-10-15)13(2)3/h7-11,13,23,25H,6,12H2,1-5H3. The number of benzene rings is 1. The van der Waals surface area contributed by atoms with Gasteiger partial charge in [0.1, 0.15) is 0 Å². The number of nitrogens with zero attached hydrogens (tertiary/aromatic N) is 3. The van der Waals surface area contributed by atoms with E-state index in [1.807, 2.05) is 31.2 Å². The van der Waals surface area contributed by atoms with E-state index in [0.29, 0.717) is 12.5 Å². The number of hydrogen-bond acceptors (Lipinski definition) is 4. The number of amides is 1. The van der Waals surface area contributed by atoms with Crippen molar-refractivity contribution in [3.8, 4) is 11.4 Å². The van der Waals surface area contributed by atoms with Crippen LogP contribution in [-0.2, 0) is 0 Å². The molecule has 2 N–H and O–H groups in total. The number of aromatic hydroxyl groups is 1. The molecule has 0 aliphatic heterocycles. The lowest BCUT2D eigenvalue weighted by atomic mass is 10.0. The summed E-state index contributed by atoms with van der Waals surface area (Å²) in [5.41, 5.74) is 0.943. The number of carbonyl (C=O) groups excluding carboxylic acids is 1. The molecule has 6 nitrogen and oxygen atoms in total. The highest BCUT2D eigenvalue weighted by molar-refractivity contribution is 5.94. The summed E-state index contributed by atoms with van der Waals surface area (Å²) >= 11 is 0. The van der Waals surface area contributed by atoms with Crippen molar-refractivity contribution in [2.75, 3.05) is 13.1 Å². The number of hydrogen-bond donors (Lipinski definition) is 2. The van der Waals surface area contributed by atoms with Crippen LogP contribution in [0.4, 0.5) is 0 Å². The van der Waals surface area contributed by atoms with Crippen molar-refractivity contribution in [2.24, 2.45) is 0 Å². The van der Waals surface area contributed by atoms with Crippen molar-refractivity contribution >= 4 is 5.91 Å². The van der Waals surface area contributed by atoms with Crippen molar-refractivity contribution in [3.05, 3.63) is 41.7 Å². The number of likely N-dealkylation sites (N-methyl/N-ethyl adjacent to an activating group) is 1. The Labute approximate surface area is 148 Å². The predicted molar refractivity (Wildman–Crippen MR) is 97.2 cm³/mol. The molecule has 0 aliphatic rings. The van der Waals surface area contributed by atoms with Crippen LogP contribution in [0.3, 0.4) is 0 Å². The Morgan fingerprint density at radius 2 is 1.88 bits per heavy atom. The smallest absolute Gasteiger partial charge is 0.278 e. The van der Waals surface area contributed by atoms with Crippen molar-refractivity contribution in [1.82, 2.24) is 14.7 Å². The van der Waals surface area contributed by atoms with Crippen LogP contribution in [0.25, 0.3) is 5.69 Å². The second kappa shape index (κ2) is 7.27. The summed E-state index contributed by atoms with van der Waals surface area (Å²) in [5.74, 6) is -0.149. The van der Waals surface area contributed by atoms with Crippen LogP contribution < -0.4 is 0 Å². The molecule has 1 heterocycles. The van der Waals surface area contributed by atoms with Gasteiger partial charge in [0.05, 0.1) is 17.5 Å². The van der Waals surface area contributed by atoms with Crippen LogP contribution in [0.1, 0.15) is 56.6 Å². The molecule has 0 saturated heterocycles. The first-order valence-electron chi connectivity index (χ1n) is 8.53. The second-order valence-corrected chi connectivity index (χ2v) is 7.19. The first-order chi connectivity index (χ1) is 11.6. The van der Waals surface area contributed by atoms with Gasteiger partial charge >= 0.3 is 0 Å². The van der Waals surface area contributed by atoms with Gasteiger partial charge in [-0.2, -0.15) is 5.10 Å². The molecule has 1 aromatic heterocycles. The number of aliphatic hydroxyl groups is 1. The van der Waals surface area contributed by atoms with E-state index in [9.17, 15) is 15.0 Å². The van der Waals surface area contributed by atoms with Gasteiger partial charge < -0.3 is 15.1 Å². The third-order valence-electron chi connectivity index (χ3n) is 3.97. The van der Waals surface area contributed by atoms with Crippen LogP contribution in [0, 0.1) is 0 Å². The molecule has 0 bridgehead atoms. The van der Waals surface area contributed by atoms with Gasteiger partial charge in [0.25, 0.3) is 5.91 Å². The Hall–Kier alpha value is -2.34. The molecule has 0 radical (unpaired) electrons. The molecule has 2 rings (SSSR count). The van der Waals surface area contributed by atoms with Crippen molar-refractivity contribution in [3.63, 3.8) is 0 Å². The quantitative estimate of drug-likeness (QED) is 0.844. The van der Waals surface area contributed by atoms with Gasteiger partial charge in [0.15, 0.2) is 11.4 Å². The van der Waals surface area contributed by atoms with Gasteiger partial charge in [-0.25, -0.2) is 4.68 Å². The molecule has 0 unspecified atom stereocenters. The Bertz CT molecular complexity index is 727. The fourth-order valence-corrected chi connectivity index (χ4v) is 2.61. The van der Waals surface area contributed by atoms with Gasteiger partial charge in [0, 0.05) is 13.1 Å². The van der Waals surface area contributed by atoms with Gasteiger partial charge in [-0.15, -0.1) is 0 Å². The van der Waals surface area contributed by atoms with E-state index in [2.05, 4.69) is 18.9 Å². The van der Waals surface area contributed by atoms with E-state index in [-0.39, 0.29) is 18.0 Å². The maximum atomic E-state index is 12.6. The maximum absolute atomic E-state index is 12.6. The summed E-state index contributed by atoms with van der Waals surface area (Å²) in [6.07, 6.45) is 1.43. The first-order valence-corrected chi connectivity index (χ1v) is 8.53. The third-order valence-corrected chi connectivity index (χ3v) is 3.97. The van der Waals surface area contributed by atoms with E-state index < -0.39 is 11.5 Å². The summed E-state index contributed by atoms with van der Waals surface area (Å²) in [5, 5.41) is 24.4. The van der Waals surface area contributed by atoms with Gasteiger partial charge in [-0.1, -0.05) is 26.0 Å². The highest BCUT2D eigenvalue weighted by Crippen LogP contribution is 2.22. The zero-order chi connectivity index (χ0) is 18.8. The SMILES string of the molecule is CCN(CC(C)(C)O)C(=O)c1nn(-c2ccc(C(C)C)cc2)cc1O. The van der Waals surface area contributed by atoms with Crippen molar-refractivity contribution in [2.45, 2.75) is 46.1 Å². The zero-order valence-corrected chi connectivity index (χ0v) is 15.5. The van der Waals surface area contributed by atoms with Gasteiger partial charge in [-0.3, -0.25) is 4.79 Å². The topological polar surface area (TPSA) is 78.6 Å². The Balaban J connectivity index is 2.28. The van der Waals surface area contributed by atoms with Crippen LogP contribution in [0.15, 0.2) is 30.5 Å². The normalized spacial score (nSPS) is 11.8. The van der Waals surface area contributed by atoms with E-state index in [1.165, 1.54) is 21.3 Å². The maximum Gasteiger partial charge on any atom is 0.278 e. The average Bonchev–Trinajstić information content (AvgIpc) is 2.93. The molecule has 0 spiro atoms. The Kier molecular flexibility index (Phi) is 5.52. The lowest BCUT2D eigenvalue weighted by Gasteiger charge is -2.27. The van der Waals surface area contributed by atoms with E-state index >= 15 is 0 Å². The highest BCUT2D eigenvalue weighted by atomic mass is 16.3. The number of carbonyl (C=O) groups is 1. The number of aromatic nitrogens is 2. The minimum Gasteiger partial charge on any atom is -0.504 e. The molecule has 1 amide bonds. The summed E-state index contributed by atoms with van der Waals surface area (Å²) in [6, 6.07) is 7.83. The summed E-state index contributed by atoms with van der Waals surface area (Å²) < 4.78 is 1.49. The molecule has 6 heteroatoms. The molecule has 0 atom stereocenters. The predicted octanol–water partition coefficient (Wildman–Crippen LogP) is 2.93. The molecule has 136 valence electrons. The molecule has 1 aromatic carbocycles. The second-order valence-electron chi connectivity index (χ2n) is 7.19. The highest BCUT2D eigenvalue weighted by Gasteiger charge is 2.26. The van der Waals surface area contributed by atoms with E-state index in [1.54, 1.807) is 13.8 Å². The minimum absolute atomic E-state index is 0.0148. The first kappa shape index (κ1) is 19.0. The van der Waals surface area contributed by atoms with Gasteiger partial charge in [0.2, 0.25) is 0 Å². The molecule has 0 aliphatic carbocycles. The van der Waals surface area contributed by atoms with Crippen LogP contribution in [0.2, 0.25) is 0 Å².